The molecule has 0 fully saturated rings. The van der Waals surface area contributed by atoms with E-state index in [-0.39, 0.29) is 0 Å². The van der Waals surface area contributed by atoms with Gasteiger partial charge < -0.3 is 5.73 Å². The minimum Gasteiger partial charge on any atom is -0.384 e. The van der Waals surface area contributed by atoms with Gasteiger partial charge in [-0.1, -0.05) is 12.7 Å². The third kappa shape index (κ3) is 2.86. The van der Waals surface area contributed by atoms with Crippen LogP contribution in [0.25, 0.3) is 5.57 Å². The molecule has 0 saturated heterocycles. The van der Waals surface area contributed by atoms with Gasteiger partial charge in [0.05, 0.1) is 0 Å². The maximum absolute atomic E-state index is 5.48. The first kappa shape index (κ1) is 10.2. The second kappa shape index (κ2) is 4.97. The Hall–Kier alpha value is -1.90. The maximum Gasteiger partial charge on any atom is 0.123 e. The molecule has 3 heteroatoms. The molecule has 0 amide bonds. The Balaban J connectivity index is 2.83. The lowest BCUT2D eigenvalue weighted by Crippen LogP contribution is -1.89. The first-order chi connectivity index (χ1) is 6.74. The molecule has 0 aliphatic heterocycles. The lowest BCUT2D eigenvalue weighted by atomic mass is 10.1. The van der Waals surface area contributed by atoms with Gasteiger partial charge in [0.2, 0.25) is 0 Å². The highest BCUT2D eigenvalue weighted by Gasteiger charge is 1.94. The van der Waals surface area contributed by atoms with Gasteiger partial charge in [-0.25, -0.2) is 4.98 Å². The standard InChI is InChI=1S/C11H13N3/c1-3-6-13-7-9(2)10-4-5-11(12)14-8-10/h3-8H,1H2,2H3,(H2,12,14)/b9-7+,13-6?. The van der Waals surface area contributed by atoms with E-state index in [0.29, 0.717) is 5.82 Å². The van der Waals surface area contributed by atoms with Crippen LogP contribution in [0, 0.1) is 0 Å². The number of rotatable bonds is 3. The summed E-state index contributed by atoms with van der Waals surface area (Å²) in [5, 5.41) is 0. The van der Waals surface area contributed by atoms with Gasteiger partial charge in [0.15, 0.2) is 0 Å². The van der Waals surface area contributed by atoms with Crippen molar-refractivity contribution in [1.82, 2.24) is 4.98 Å². The fraction of sp³-hybridized carbons (Fsp3) is 0.0909. The number of hydrogen-bond acceptors (Lipinski definition) is 3. The van der Waals surface area contributed by atoms with Crippen LogP contribution < -0.4 is 5.73 Å². The molecule has 14 heavy (non-hydrogen) atoms. The molecule has 0 radical (unpaired) electrons. The summed E-state index contributed by atoms with van der Waals surface area (Å²) in [4.78, 5) is 8.02. The predicted molar refractivity (Wildman–Crippen MR) is 61.0 cm³/mol. The Morgan fingerprint density at radius 1 is 1.57 bits per heavy atom. The Kier molecular flexibility index (Phi) is 3.61. The van der Waals surface area contributed by atoms with E-state index < -0.39 is 0 Å². The number of aliphatic imine (C=N–C) groups is 1. The molecular weight excluding hydrogens is 174 g/mol. The Morgan fingerprint density at radius 2 is 2.36 bits per heavy atom. The van der Waals surface area contributed by atoms with Gasteiger partial charge in [-0.05, 0) is 30.2 Å². The highest BCUT2D eigenvalue weighted by atomic mass is 14.8. The lowest BCUT2D eigenvalue weighted by Gasteiger charge is -1.99. The van der Waals surface area contributed by atoms with Crippen LogP contribution in [-0.4, -0.2) is 11.2 Å². The molecule has 0 spiro atoms. The van der Waals surface area contributed by atoms with Gasteiger partial charge >= 0.3 is 0 Å². The molecule has 0 saturated carbocycles. The molecule has 0 aliphatic rings. The summed E-state index contributed by atoms with van der Waals surface area (Å²) < 4.78 is 0. The molecule has 0 aromatic carbocycles. The van der Waals surface area contributed by atoms with Crippen molar-refractivity contribution in [3.63, 3.8) is 0 Å². The molecule has 0 atom stereocenters. The number of nitrogens with two attached hydrogens (primary N) is 1. The summed E-state index contributed by atoms with van der Waals surface area (Å²) in [6, 6.07) is 3.68. The minimum atomic E-state index is 0.524. The van der Waals surface area contributed by atoms with Gasteiger partial charge in [-0.15, -0.1) is 0 Å². The predicted octanol–water partition coefficient (Wildman–Crippen LogP) is 2.28. The zero-order chi connectivity index (χ0) is 10.4. The highest BCUT2D eigenvalue weighted by Crippen LogP contribution is 2.12. The van der Waals surface area contributed by atoms with Crippen LogP contribution in [0.3, 0.4) is 0 Å². The third-order valence-electron chi connectivity index (χ3n) is 1.70. The number of hydrogen-bond donors (Lipinski definition) is 1. The summed E-state index contributed by atoms with van der Waals surface area (Å²) in [6.07, 6.45) is 6.75. The number of nitrogens with zero attached hydrogens (tertiary/aromatic N) is 2. The van der Waals surface area contributed by atoms with Gasteiger partial charge in [-0.3, -0.25) is 4.99 Å². The Bertz CT molecular complexity index is 361. The largest absolute Gasteiger partial charge is 0.384 e. The van der Waals surface area contributed by atoms with Crippen molar-refractivity contribution in [3.05, 3.63) is 42.7 Å². The molecule has 0 aliphatic carbocycles. The number of allylic oxidation sites excluding steroid dienone is 2. The van der Waals surface area contributed by atoms with Crippen LogP contribution in [-0.2, 0) is 0 Å². The normalized spacial score (nSPS) is 11.9. The topological polar surface area (TPSA) is 51.3 Å². The average molecular weight is 187 g/mol. The number of anilines is 1. The van der Waals surface area contributed by atoms with E-state index in [9.17, 15) is 0 Å². The van der Waals surface area contributed by atoms with Crippen LogP contribution in [0.1, 0.15) is 12.5 Å². The Morgan fingerprint density at radius 3 is 2.93 bits per heavy atom. The molecule has 1 rings (SSSR count). The molecule has 0 unspecified atom stereocenters. The zero-order valence-corrected chi connectivity index (χ0v) is 8.14. The summed E-state index contributed by atoms with van der Waals surface area (Å²) >= 11 is 0. The summed E-state index contributed by atoms with van der Waals surface area (Å²) in [6.45, 7) is 5.50. The van der Waals surface area contributed by atoms with E-state index in [0.717, 1.165) is 11.1 Å². The van der Waals surface area contributed by atoms with Crippen molar-refractivity contribution in [3.8, 4) is 0 Å². The molecule has 72 valence electrons. The van der Waals surface area contributed by atoms with E-state index in [2.05, 4.69) is 16.6 Å². The quantitative estimate of drug-likeness (QED) is 0.738. The number of aromatic nitrogens is 1. The van der Waals surface area contributed by atoms with E-state index in [1.165, 1.54) is 0 Å². The zero-order valence-electron chi connectivity index (χ0n) is 8.14. The first-order valence-corrected chi connectivity index (χ1v) is 4.27. The highest BCUT2D eigenvalue weighted by molar-refractivity contribution is 5.72. The van der Waals surface area contributed by atoms with Crippen molar-refractivity contribution in [2.75, 3.05) is 5.73 Å². The molecule has 1 aromatic rings. The fourth-order valence-corrected chi connectivity index (χ4v) is 0.929. The van der Waals surface area contributed by atoms with Gasteiger partial charge in [0.25, 0.3) is 0 Å². The van der Waals surface area contributed by atoms with E-state index in [1.54, 1.807) is 30.8 Å². The average Bonchev–Trinajstić information content (AvgIpc) is 2.19. The summed E-state index contributed by atoms with van der Waals surface area (Å²) in [5.74, 6) is 0.524. The van der Waals surface area contributed by atoms with Crippen LogP contribution in [0.2, 0.25) is 0 Å². The van der Waals surface area contributed by atoms with Crippen LogP contribution in [0.4, 0.5) is 5.82 Å². The van der Waals surface area contributed by atoms with Gasteiger partial charge in [0.1, 0.15) is 5.82 Å². The van der Waals surface area contributed by atoms with Crippen molar-refractivity contribution in [1.29, 1.82) is 0 Å². The maximum atomic E-state index is 5.48. The van der Waals surface area contributed by atoms with Crippen LogP contribution in [0.15, 0.2) is 42.2 Å². The van der Waals surface area contributed by atoms with E-state index in [1.807, 2.05) is 13.0 Å². The van der Waals surface area contributed by atoms with Crippen molar-refractivity contribution in [2.45, 2.75) is 6.92 Å². The smallest absolute Gasteiger partial charge is 0.123 e. The molecule has 3 nitrogen and oxygen atoms in total. The van der Waals surface area contributed by atoms with E-state index >= 15 is 0 Å². The second-order valence-electron chi connectivity index (χ2n) is 2.82. The monoisotopic (exact) mass is 187 g/mol. The minimum absolute atomic E-state index is 0.524. The molecule has 1 aromatic heterocycles. The number of nitrogen functional groups attached to an aromatic ring is 1. The Labute approximate surface area is 83.7 Å². The van der Waals surface area contributed by atoms with Gasteiger partial charge in [0, 0.05) is 18.6 Å². The SMILES string of the molecule is C=CC=N/C=C(\C)c1ccc(N)nc1. The summed E-state index contributed by atoms with van der Waals surface area (Å²) in [7, 11) is 0. The van der Waals surface area contributed by atoms with Crippen LogP contribution in [0.5, 0.6) is 0 Å². The van der Waals surface area contributed by atoms with Crippen LogP contribution >= 0.6 is 0 Å². The first-order valence-electron chi connectivity index (χ1n) is 4.27. The molecule has 2 N–H and O–H groups in total. The van der Waals surface area contributed by atoms with Crippen molar-refractivity contribution >= 4 is 17.6 Å². The van der Waals surface area contributed by atoms with E-state index in [4.69, 9.17) is 5.73 Å². The van der Waals surface area contributed by atoms with Gasteiger partial charge in [-0.2, -0.15) is 0 Å². The molecular formula is C11H13N3. The lowest BCUT2D eigenvalue weighted by molar-refractivity contribution is 1.31. The molecule has 1 heterocycles. The third-order valence-corrected chi connectivity index (χ3v) is 1.70. The molecule has 0 bridgehead atoms. The van der Waals surface area contributed by atoms with Crippen molar-refractivity contribution < 1.29 is 0 Å². The fourth-order valence-electron chi connectivity index (χ4n) is 0.929. The summed E-state index contributed by atoms with van der Waals surface area (Å²) in [5.41, 5.74) is 7.53. The number of pyridine rings is 1. The second-order valence-corrected chi connectivity index (χ2v) is 2.82. The van der Waals surface area contributed by atoms with Crippen molar-refractivity contribution in [2.24, 2.45) is 4.99 Å².